The Morgan fingerprint density at radius 3 is 2.26 bits per heavy atom. The van der Waals surface area contributed by atoms with Crippen LogP contribution in [0.3, 0.4) is 0 Å². The zero-order valence-corrected chi connectivity index (χ0v) is 27.0. The number of rotatable bonds is 24. The first-order chi connectivity index (χ1) is 20.3. The molecule has 3 atom stereocenters. The van der Waals surface area contributed by atoms with Gasteiger partial charge < -0.3 is 31.9 Å². The summed E-state index contributed by atoms with van der Waals surface area (Å²) in [4.78, 5) is 42.4. The molecule has 242 valence electrons. The number of nitrogens with zero attached hydrogens (tertiary/aromatic N) is 2. The van der Waals surface area contributed by atoms with Gasteiger partial charge in [0.1, 0.15) is 6.04 Å². The SMILES string of the molecule is CCCCCC=CCC=CCCCCCCCC(=O)N[C@H]1C[C@@H](C(=O)NCCN(C)C)N(C(=O)[C@H](N)CCCCN)C1. The molecule has 1 aliphatic heterocycles. The Morgan fingerprint density at radius 1 is 0.929 bits per heavy atom. The van der Waals surface area contributed by atoms with Crippen LogP contribution in [0.2, 0.25) is 0 Å². The number of allylic oxidation sites excluding steroid dienone is 4. The van der Waals surface area contributed by atoms with Crippen molar-refractivity contribution in [1.29, 1.82) is 0 Å². The summed E-state index contributed by atoms with van der Waals surface area (Å²) >= 11 is 0. The normalized spacial score (nSPS) is 17.9. The van der Waals surface area contributed by atoms with Gasteiger partial charge in [-0.2, -0.15) is 0 Å². The predicted octanol–water partition coefficient (Wildman–Crippen LogP) is 4.02. The molecule has 0 unspecified atom stereocenters. The lowest BCUT2D eigenvalue weighted by Gasteiger charge is -2.26. The monoisotopic (exact) mass is 590 g/mol. The number of carbonyl (C=O) groups is 3. The van der Waals surface area contributed by atoms with E-state index in [4.69, 9.17) is 11.5 Å². The summed E-state index contributed by atoms with van der Waals surface area (Å²) in [5.74, 6) is -0.436. The van der Waals surface area contributed by atoms with Gasteiger partial charge in [0.15, 0.2) is 0 Å². The average Bonchev–Trinajstić information content (AvgIpc) is 3.38. The number of unbranched alkanes of at least 4 members (excludes halogenated alkanes) is 9. The predicted molar refractivity (Wildman–Crippen MR) is 174 cm³/mol. The fourth-order valence-electron chi connectivity index (χ4n) is 5.20. The fourth-order valence-corrected chi connectivity index (χ4v) is 5.20. The highest BCUT2D eigenvalue weighted by molar-refractivity contribution is 5.90. The number of carbonyl (C=O) groups excluding carboxylic acids is 3. The summed E-state index contributed by atoms with van der Waals surface area (Å²) in [5.41, 5.74) is 11.8. The van der Waals surface area contributed by atoms with Crippen molar-refractivity contribution < 1.29 is 14.4 Å². The molecule has 42 heavy (non-hydrogen) atoms. The first-order valence-corrected chi connectivity index (χ1v) is 16.6. The number of amides is 3. The molecule has 0 saturated carbocycles. The average molecular weight is 591 g/mol. The fraction of sp³-hybridized carbons (Fsp3) is 0.788. The van der Waals surface area contributed by atoms with Crippen LogP contribution < -0.4 is 22.1 Å². The number of nitrogens with one attached hydrogen (secondary N) is 2. The van der Waals surface area contributed by atoms with Crippen molar-refractivity contribution in [1.82, 2.24) is 20.4 Å². The van der Waals surface area contributed by atoms with E-state index in [0.29, 0.717) is 45.4 Å². The third kappa shape index (κ3) is 17.7. The molecule has 0 aromatic heterocycles. The van der Waals surface area contributed by atoms with Crippen LogP contribution in [0.4, 0.5) is 0 Å². The minimum absolute atomic E-state index is 0.0148. The smallest absolute Gasteiger partial charge is 0.242 e. The second-order valence-electron chi connectivity index (χ2n) is 12.0. The molecule has 1 heterocycles. The van der Waals surface area contributed by atoms with E-state index in [9.17, 15) is 14.4 Å². The second-order valence-corrected chi connectivity index (χ2v) is 12.0. The molecule has 0 aromatic carbocycles. The van der Waals surface area contributed by atoms with Gasteiger partial charge in [-0.3, -0.25) is 14.4 Å². The minimum Gasteiger partial charge on any atom is -0.353 e. The number of hydrogen-bond acceptors (Lipinski definition) is 6. The maximum absolute atomic E-state index is 13.2. The third-order valence-corrected chi connectivity index (χ3v) is 7.75. The van der Waals surface area contributed by atoms with Crippen LogP contribution in [0.1, 0.15) is 110 Å². The van der Waals surface area contributed by atoms with Gasteiger partial charge in [-0.05, 0) is 78.4 Å². The Bertz CT molecular complexity index is 801. The number of likely N-dealkylation sites (tertiary alicyclic amines) is 1. The molecular formula is C33H62N6O3. The van der Waals surface area contributed by atoms with Gasteiger partial charge in [0, 0.05) is 32.1 Å². The molecule has 0 radical (unpaired) electrons. The highest BCUT2D eigenvalue weighted by atomic mass is 16.2. The van der Waals surface area contributed by atoms with E-state index in [1.807, 2.05) is 19.0 Å². The summed E-state index contributed by atoms with van der Waals surface area (Å²) < 4.78 is 0. The lowest BCUT2D eigenvalue weighted by Crippen LogP contribution is -2.52. The Morgan fingerprint density at radius 2 is 1.60 bits per heavy atom. The van der Waals surface area contributed by atoms with Crippen molar-refractivity contribution in [3.63, 3.8) is 0 Å². The summed E-state index contributed by atoms with van der Waals surface area (Å²) in [6.45, 7) is 4.31. The van der Waals surface area contributed by atoms with E-state index < -0.39 is 12.1 Å². The Hall–Kier alpha value is -2.23. The Labute approximate surface area is 256 Å². The summed E-state index contributed by atoms with van der Waals surface area (Å²) in [7, 11) is 3.88. The Balaban J connectivity index is 2.36. The van der Waals surface area contributed by atoms with E-state index in [2.05, 4.69) is 41.9 Å². The number of likely N-dealkylation sites (N-methyl/N-ethyl adjacent to an activating group) is 1. The Kier molecular flexibility index (Phi) is 21.8. The maximum atomic E-state index is 13.2. The van der Waals surface area contributed by atoms with Crippen LogP contribution in [-0.2, 0) is 14.4 Å². The highest BCUT2D eigenvalue weighted by Crippen LogP contribution is 2.21. The molecule has 1 rings (SSSR count). The molecule has 0 spiro atoms. The summed E-state index contributed by atoms with van der Waals surface area (Å²) in [6, 6.07) is -1.54. The van der Waals surface area contributed by atoms with Crippen molar-refractivity contribution in [2.75, 3.05) is 40.3 Å². The van der Waals surface area contributed by atoms with Gasteiger partial charge in [-0.25, -0.2) is 0 Å². The summed E-state index contributed by atoms with van der Waals surface area (Å²) in [6.07, 6.45) is 24.6. The standard InChI is InChI=1S/C33H62N6O3/c1-4-5-6-7-8-9-10-11-12-13-14-15-16-17-18-22-31(40)37-28-26-30(32(41)36-24-25-38(2)3)39(27-28)33(42)29(35)21-19-20-23-34/h8-9,11-12,28-30H,4-7,10,13-27,34-35H2,1-3H3,(H,36,41)(H,37,40)/t28-,29+,30-/m0/s1. The quantitative estimate of drug-likeness (QED) is 0.0991. The lowest BCUT2D eigenvalue weighted by atomic mass is 10.1. The van der Waals surface area contributed by atoms with E-state index in [0.717, 1.165) is 44.9 Å². The van der Waals surface area contributed by atoms with Crippen LogP contribution in [0.5, 0.6) is 0 Å². The van der Waals surface area contributed by atoms with E-state index in [1.165, 1.54) is 38.5 Å². The van der Waals surface area contributed by atoms with Crippen molar-refractivity contribution in [2.45, 2.75) is 128 Å². The van der Waals surface area contributed by atoms with Crippen LogP contribution in [0.25, 0.3) is 0 Å². The molecule has 0 aliphatic carbocycles. The molecule has 0 aromatic rings. The lowest BCUT2D eigenvalue weighted by molar-refractivity contribution is -0.139. The van der Waals surface area contributed by atoms with Gasteiger partial charge in [0.2, 0.25) is 17.7 Å². The van der Waals surface area contributed by atoms with Gasteiger partial charge in [-0.1, -0.05) is 69.8 Å². The maximum Gasteiger partial charge on any atom is 0.242 e. The van der Waals surface area contributed by atoms with Crippen molar-refractivity contribution in [3.8, 4) is 0 Å². The van der Waals surface area contributed by atoms with E-state index in [1.54, 1.807) is 4.90 Å². The van der Waals surface area contributed by atoms with Gasteiger partial charge in [-0.15, -0.1) is 0 Å². The molecular weight excluding hydrogens is 528 g/mol. The number of nitrogens with two attached hydrogens (primary N) is 2. The minimum atomic E-state index is -0.671. The molecule has 1 saturated heterocycles. The molecule has 0 bridgehead atoms. The van der Waals surface area contributed by atoms with Crippen LogP contribution in [0, 0.1) is 0 Å². The van der Waals surface area contributed by atoms with Gasteiger partial charge >= 0.3 is 0 Å². The molecule has 1 aliphatic rings. The second kappa shape index (κ2) is 24.2. The molecule has 9 heteroatoms. The van der Waals surface area contributed by atoms with Crippen molar-refractivity contribution >= 4 is 17.7 Å². The topological polar surface area (TPSA) is 134 Å². The molecule has 6 N–H and O–H groups in total. The third-order valence-electron chi connectivity index (χ3n) is 7.75. The van der Waals surface area contributed by atoms with Crippen molar-refractivity contribution in [3.05, 3.63) is 24.3 Å². The zero-order chi connectivity index (χ0) is 31.0. The van der Waals surface area contributed by atoms with Crippen LogP contribution in [0.15, 0.2) is 24.3 Å². The molecule has 3 amide bonds. The number of hydrogen-bond donors (Lipinski definition) is 4. The van der Waals surface area contributed by atoms with E-state index in [-0.39, 0.29) is 23.8 Å². The van der Waals surface area contributed by atoms with Gasteiger partial charge in [0.05, 0.1) is 6.04 Å². The zero-order valence-electron chi connectivity index (χ0n) is 27.0. The summed E-state index contributed by atoms with van der Waals surface area (Å²) in [5, 5.41) is 6.01. The first-order valence-electron chi connectivity index (χ1n) is 16.6. The van der Waals surface area contributed by atoms with Crippen molar-refractivity contribution in [2.24, 2.45) is 11.5 Å². The molecule has 1 fully saturated rings. The largest absolute Gasteiger partial charge is 0.353 e. The van der Waals surface area contributed by atoms with E-state index >= 15 is 0 Å². The van der Waals surface area contributed by atoms with Crippen LogP contribution in [-0.4, -0.2) is 85.9 Å². The molecule has 9 nitrogen and oxygen atoms in total. The first kappa shape index (κ1) is 37.8. The van der Waals surface area contributed by atoms with Gasteiger partial charge in [0.25, 0.3) is 0 Å². The van der Waals surface area contributed by atoms with Crippen LogP contribution >= 0.6 is 0 Å². The highest BCUT2D eigenvalue weighted by Gasteiger charge is 2.41.